The van der Waals surface area contributed by atoms with Gasteiger partial charge in [-0.05, 0) is 35.7 Å². The molecule has 4 rings (SSSR count). The van der Waals surface area contributed by atoms with E-state index in [9.17, 15) is 5.11 Å². The Kier molecular flexibility index (Phi) is 2.53. The van der Waals surface area contributed by atoms with Crippen molar-refractivity contribution >= 4 is 0 Å². The van der Waals surface area contributed by atoms with Crippen molar-refractivity contribution in [1.82, 2.24) is 5.32 Å². The summed E-state index contributed by atoms with van der Waals surface area (Å²) in [6.07, 6.45) is 0.580. The van der Waals surface area contributed by atoms with Crippen molar-refractivity contribution < 1.29 is 5.11 Å². The second-order valence-electron chi connectivity index (χ2n) is 6.06. The summed E-state index contributed by atoms with van der Waals surface area (Å²) in [4.78, 5) is 0. The Labute approximate surface area is 119 Å². The van der Waals surface area contributed by atoms with E-state index in [1.165, 1.54) is 16.7 Å². The fourth-order valence-electron chi connectivity index (χ4n) is 4.33. The SMILES string of the molecule is CNCC12CC(c3ccccc3C1O)c1ccccc12. The van der Waals surface area contributed by atoms with E-state index in [1.54, 1.807) is 0 Å². The number of aliphatic hydroxyl groups excluding tert-OH is 1. The molecule has 3 unspecified atom stereocenters. The van der Waals surface area contributed by atoms with Gasteiger partial charge >= 0.3 is 0 Å². The van der Waals surface area contributed by atoms with Crippen molar-refractivity contribution in [3.05, 3.63) is 70.8 Å². The molecule has 0 aromatic heterocycles. The van der Waals surface area contributed by atoms with Crippen LogP contribution in [-0.2, 0) is 5.41 Å². The molecule has 2 aliphatic rings. The van der Waals surface area contributed by atoms with Crippen molar-refractivity contribution in [2.45, 2.75) is 23.9 Å². The summed E-state index contributed by atoms with van der Waals surface area (Å²) < 4.78 is 0. The standard InChI is InChI=1S/C18H19NO/c1-19-11-18-10-15(13-7-4-5-9-16(13)18)12-6-2-3-8-14(12)17(18)20/h2-9,15,17,19-20H,10-11H2,1H3. The van der Waals surface area contributed by atoms with Gasteiger partial charge in [0.05, 0.1) is 6.10 Å². The maximum Gasteiger partial charge on any atom is 0.0902 e. The molecule has 0 aliphatic heterocycles. The van der Waals surface area contributed by atoms with Gasteiger partial charge in [-0.15, -0.1) is 0 Å². The molecule has 20 heavy (non-hydrogen) atoms. The van der Waals surface area contributed by atoms with Crippen LogP contribution in [0, 0.1) is 0 Å². The van der Waals surface area contributed by atoms with Crippen molar-refractivity contribution in [2.24, 2.45) is 0 Å². The lowest BCUT2D eigenvalue weighted by Crippen LogP contribution is -2.42. The lowest BCUT2D eigenvalue weighted by Gasteiger charge is -2.40. The zero-order valence-corrected chi connectivity index (χ0v) is 11.6. The molecular weight excluding hydrogens is 246 g/mol. The summed E-state index contributed by atoms with van der Waals surface area (Å²) in [7, 11) is 1.97. The van der Waals surface area contributed by atoms with Crippen LogP contribution in [0.2, 0.25) is 0 Å². The lowest BCUT2D eigenvalue weighted by molar-refractivity contribution is 0.0692. The number of likely N-dealkylation sites (N-methyl/N-ethyl adjacent to an activating group) is 1. The van der Waals surface area contributed by atoms with Crippen LogP contribution in [0.15, 0.2) is 48.5 Å². The molecule has 3 atom stereocenters. The summed E-state index contributed by atoms with van der Waals surface area (Å²) in [5, 5.41) is 14.3. The van der Waals surface area contributed by atoms with E-state index in [0.29, 0.717) is 5.92 Å². The predicted molar refractivity (Wildman–Crippen MR) is 79.9 cm³/mol. The van der Waals surface area contributed by atoms with Gasteiger partial charge in [-0.3, -0.25) is 0 Å². The fraction of sp³-hybridized carbons (Fsp3) is 0.333. The molecule has 102 valence electrons. The second-order valence-corrected chi connectivity index (χ2v) is 6.06. The number of hydrogen-bond donors (Lipinski definition) is 2. The summed E-state index contributed by atoms with van der Waals surface area (Å²) >= 11 is 0. The van der Waals surface area contributed by atoms with Crippen molar-refractivity contribution in [2.75, 3.05) is 13.6 Å². The predicted octanol–water partition coefficient (Wildman–Crippen LogP) is 2.73. The normalized spacial score (nSPS) is 29.9. The third kappa shape index (κ3) is 1.36. The van der Waals surface area contributed by atoms with Gasteiger partial charge < -0.3 is 10.4 Å². The average Bonchev–Trinajstić information content (AvgIpc) is 2.79. The van der Waals surface area contributed by atoms with Gasteiger partial charge in [0, 0.05) is 17.9 Å². The highest BCUT2D eigenvalue weighted by Gasteiger charge is 2.53. The number of rotatable bonds is 2. The van der Waals surface area contributed by atoms with Gasteiger partial charge in [-0.2, -0.15) is 0 Å². The van der Waals surface area contributed by atoms with Crippen molar-refractivity contribution in [3.63, 3.8) is 0 Å². The maximum absolute atomic E-state index is 11.0. The Morgan fingerprint density at radius 3 is 2.45 bits per heavy atom. The average molecular weight is 265 g/mol. The Bertz CT molecular complexity index is 666. The van der Waals surface area contributed by atoms with E-state index in [4.69, 9.17) is 0 Å². The zero-order valence-electron chi connectivity index (χ0n) is 11.6. The molecule has 0 saturated heterocycles. The summed E-state index contributed by atoms with van der Waals surface area (Å²) in [6.45, 7) is 0.815. The van der Waals surface area contributed by atoms with Crippen LogP contribution in [0.1, 0.15) is 40.7 Å². The molecule has 0 heterocycles. The van der Waals surface area contributed by atoms with Crippen LogP contribution in [0.5, 0.6) is 0 Å². The summed E-state index contributed by atoms with van der Waals surface area (Å²) in [6, 6.07) is 17.0. The minimum Gasteiger partial charge on any atom is -0.387 e. The molecule has 0 amide bonds. The summed E-state index contributed by atoms with van der Waals surface area (Å²) in [5.41, 5.74) is 4.95. The molecule has 0 radical (unpaired) electrons. The quantitative estimate of drug-likeness (QED) is 0.875. The first-order valence-corrected chi connectivity index (χ1v) is 7.29. The number of nitrogens with one attached hydrogen (secondary N) is 1. The van der Waals surface area contributed by atoms with Gasteiger partial charge in [0.2, 0.25) is 0 Å². The van der Waals surface area contributed by atoms with E-state index in [0.717, 1.165) is 18.5 Å². The molecule has 2 aliphatic carbocycles. The molecule has 2 aromatic rings. The Morgan fingerprint density at radius 1 is 1.05 bits per heavy atom. The van der Waals surface area contributed by atoms with Crippen LogP contribution < -0.4 is 5.32 Å². The van der Waals surface area contributed by atoms with Crippen LogP contribution in [0.3, 0.4) is 0 Å². The molecular formula is C18H19NO. The number of hydrogen-bond acceptors (Lipinski definition) is 2. The Hall–Kier alpha value is -1.64. The molecule has 2 heteroatoms. The molecule has 2 bridgehead atoms. The Balaban J connectivity index is 2.01. The molecule has 2 N–H and O–H groups in total. The van der Waals surface area contributed by atoms with Gasteiger partial charge in [0.15, 0.2) is 0 Å². The van der Waals surface area contributed by atoms with Crippen LogP contribution in [-0.4, -0.2) is 18.7 Å². The van der Waals surface area contributed by atoms with E-state index < -0.39 is 6.10 Å². The number of fused-ring (bicyclic) bond motifs is 7. The zero-order chi connectivity index (χ0) is 13.7. The maximum atomic E-state index is 11.0. The van der Waals surface area contributed by atoms with E-state index >= 15 is 0 Å². The Morgan fingerprint density at radius 2 is 1.70 bits per heavy atom. The van der Waals surface area contributed by atoms with Gasteiger partial charge in [0.25, 0.3) is 0 Å². The minimum absolute atomic E-state index is 0.176. The second kappa shape index (κ2) is 4.18. The highest BCUT2D eigenvalue weighted by atomic mass is 16.3. The van der Waals surface area contributed by atoms with E-state index in [-0.39, 0.29) is 5.41 Å². The lowest BCUT2D eigenvalue weighted by atomic mass is 9.68. The van der Waals surface area contributed by atoms with Crippen LogP contribution >= 0.6 is 0 Å². The first kappa shape index (κ1) is 12.1. The number of aliphatic hydroxyl groups is 1. The van der Waals surface area contributed by atoms with Gasteiger partial charge in [-0.25, -0.2) is 0 Å². The molecule has 0 spiro atoms. The highest BCUT2D eigenvalue weighted by Crippen LogP contribution is 2.59. The molecule has 0 fully saturated rings. The van der Waals surface area contributed by atoms with Crippen LogP contribution in [0.25, 0.3) is 0 Å². The smallest absolute Gasteiger partial charge is 0.0902 e. The third-order valence-electron chi connectivity index (χ3n) is 5.12. The van der Waals surface area contributed by atoms with Crippen molar-refractivity contribution in [3.8, 4) is 0 Å². The van der Waals surface area contributed by atoms with Crippen LogP contribution in [0.4, 0.5) is 0 Å². The third-order valence-corrected chi connectivity index (χ3v) is 5.12. The van der Waals surface area contributed by atoms with E-state index in [2.05, 4.69) is 47.8 Å². The monoisotopic (exact) mass is 265 g/mol. The summed E-state index contributed by atoms with van der Waals surface area (Å²) in [5.74, 6) is 0.430. The first-order valence-electron chi connectivity index (χ1n) is 7.29. The molecule has 0 saturated carbocycles. The highest BCUT2D eigenvalue weighted by molar-refractivity contribution is 5.56. The topological polar surface area (TPSA) is 32.3 Å². The number of benzene rings is 2. The molecule has 2 nitrogen and oxygen atoms in total. The first-order chi connectivity index (χ1) is 9.78. The minimum atomic E-state index is -0.425. The van der Waals surface area contributed by atoms with Crippen molar-refractivity contribution in [1.29, 1.82) is 0 Å². The van der Waals surface area contributed by atoms with Gasteiger partial charge in [0.1, 0.15) is 0 Å². The van der Waals surface area contributed by atoms with Gasteiger partial charge in [-0.1, -0.05) is 48.5 Å². The van der Waals surface area contributed by atoms with E-state index in [1.807, 2.05) is 13.1 Å². The molecule has 2 aromatic carbocycles. The fourth-order valence-corrected chi connectivity index (χ4v) is 4.33. The largest absolute Gasteiger partial charge is 0.387 e.